The Balaban J connectivity index is 1.32. The number of pyridine rings is 1. The number of anilines is 2. The molecule has 34 heavy (non-hydrogen) atoms. The molecule has 0 atom stereocenters. The van der Waals surface area contributed by atoms with E-state index in [9.17, 15) is 4.79 Å². The predicted molar refractivity (Wildman–Crippen MR) is 134 cm³/mol. The monoisotopic (exact) mass is 477 g/mol. The summed E-state index contributed by atoms with van der Waals surface area (Å²) in [5, 5.41) is 8.40. The largest absolute Gasteiger partial charge is 0.450 e. The van der Waals surface area contributed by atoms with Crippen molar-refractivity contribution in [3.05, 3.63) is 65.4 Å². The fourth-order valence-corrected chi connectivity index (χ4v) is 6.04. The van der Waals surface area contributed by atoms with E-state index in [0.29, 0.717) is 23.9 Å². The summed E-state index contributed by atoms with van der Waals surface area (Å²) in [6.07, 6.45) is 9.03. The van der Waals surface area contributed by atoms with Gasteiger partial charge in [-0.3, -0.25) is 9.78 Å². The number of piperazine rings is 1. The molecule has 1 saturated heterocycles. The molecule has 4 heterocycles. The molecule has 176 valence electrons. The van der Waals surface area contributed by atoms with E-state index in [1.54, 1.807) is 12.4 Å². The number of hydrogen-bond acceptors (Lipinski definition) is 6. The molecule has 2 aliphatic heterocycles. The van der Waals surface area contributed by atoms with Gasteiger partial charge in [-0.05, 0) is 37.1 Å². The summed E-state index contributed by atoms with van der Waals surface area (Å²) in [5.74, 6) is 1.05. The van der Waals surface area contributed by atoms with Crippen molar-refractivity contribution in [2.45, 2.75) is 37.6 Å². The van der Waals surface area contributed by atoms with Crippen molar-refractivity contribution < 1.29 is 9.21 Å². The third-order valence-corrected chi connectivity index (χ3v) is 7.71. The van der Waals surface area contributed by atoms with E-state index in [4.69, 9.17) is 16.0 Å². The molecule has 2 fully saturated rings. The zero-order valence-electron chi connectivity index (χ0n) is 19.1. The van der Waals surface area contributed by atoms with Crippen LogP contribution >= 0.6 is 11.6 Å². The lowest BCUT2D eigenvalue weighted by molar-refractivity contribution is 0.0717. The molecule has 1 saturated carbocycles. The first-order chi connectivity index (χ1) is 16.5. The SMILES string of the molecule is C=C1Nc2c(Cl)cc3cc(C(=O)N4CCN(c5ccncc5)CC4)oc3c2C2(CCCCC2)N1. The van der Waals surface area contributed by atoms with E-state index in [2.05, 4.69) is 27.1 Å². The average Bonchev–Trinajstić information content (AvgIpc) is 3.28. The van der Waals surface area contributed by atoms with Crippen LogP contribution in [0.1, 0.15) is 48.2 Å². The third kappa shape index (κ3) is 3.50. The lowest BCUT2D eigenvalue weighted by atomic mass is 9.74. The van der Waals surface area contributed by atoms with E-state index in [1.165, 1.54) is 6.42 Å². The molecule has 0 bridgehead atoms. The van der Waals surface area contributed by atoms with Crippen molar-refractivity contribution in [1.82, 2.24) is 15.2 Å². The Kier molecular flexibility index (Phi) is 5.17. The predicted octanol–water partition coefficient (Wildman–Crippen LogP) is 5.09. The van der Waals surface area contributed by atoms with E-state index >= 15 is 0 Å². The molecule has 8 heteroatoms. The number of furan rings is 1. The number of hydrogen-bond donors (Lipinski definition) is 2. The number of fused-ring (bicyclic) bond motifs is 4. The lowest BCUT2D eigenvalue weighted by Crippen LogP contribution is -2.48. The summed E-state index contributed by atoms with van der Waals surface area (Å²) in [6.45, 7) is 6.96. The molecule has 0 unspecified atom stereocenters. The summed E-state index contributed by atoms with van der Waals surface area (Å²) < 4.78 is 6.33. The third-order valence-electron chi connectivity index (χ3n) is 7.42. The molecule has 3 aromatic rings. The second-order valence-corrected chi connectivity index (χ2v) is 9.90. The van der Waals surface area contributed by atoms with E-state index in [-0.39, 0.29) is 11.4 Å². The molecular weight excluding hydrogens is 450 g/mol. The van der Waals surface area contributed by atoms with Crippen LogP contribution in [0.25, 0.3) is 11.0 Å². The summed E-state index contributed by atoms with van der Waals surface area (Å²) in [4.78, 5) is 21.6. The number of carbonyl (C=O) groups is 1. The van der Waals surface area contributed by atoms with Gasteiger partial charge in [-0.25, -0.2) is 0 Å². The van der Waals surface area contributed by atoms with Crippen molar-refractivity contribution in [2.75, 3.05) is 36.4 Å². The number of halogens is 1. The smallest absolute Gasteiger partial charge is 0.289 e. The number of aromatic nitrogens is 1. The van der Waals surface area contributed by atoms with Crippen LogP contribution in [0.4, 0.5) is 11.4 Å². The molecule has 1 amide bonds. The highest BCUT2D eigenvalue weighted by atomic mass is 35.5. The van der Waals surface area contributed by atoms with E-state index in [1.807, 2.05) is 29.2 Å². The normalized spacial score (nSPS) is 19.6. The quantitative estimate of drug-likeness (QED) is 0.535. The minimum absolute atomic E-state index is 0.0747. The van der Waals surface area contributed by atoms with Gasteiger partial charge in [-0.2, -0.15) is 0 Å². The number of nitrogens with one attached hydrogen (secondary N) is 2. The number of nitrogens with zero attached hydrogens (tertiary/aromatic N) is 3. The van der Waals surface area contributed by atoms with Crippen LogP contribution in [0, 0.1) is 0 Å². The van der Waals surface area contributed by atoms with E-state index in [0.717, 1.165) is 72.5 Å². The van der Waals surface area contributed by atoms with Crippen LogP contribution in [0.3, 0.4) is 0 Å². The molecular formula is C26H28ClN5O2. The van der Waals surface area contributed by atoms with Crippen molar-refractivity contribution >= 4 is 39.9 Å². The van der Waals surface area contributed by atoms with Gasteiger partial charge < -0.3 is 24.9 Å². The first-order valence-electron chi connectivity index (χ1n) is 12.0. The summed E-state index contributed by atoms with van der Waals surface area (Å²) in [7, 11) is 0. The van der Waals surface area contributed by atoms with Gasteiger partial charge in [0.15, 0.2) is 5.76 Å². The minimum Gasteiger partial charge on any atom is -0.450 e. The van der Waals surface area contributed by atoms with Crippen LogP contribution in [-0.4, -0.2) is 42.0 Å². The molecule has 1 aromatic carbocycles. The zero-order valence-corrected chi connectivity index (χ0v) is 19.8. The Morgan fingerprint density at radius 2 is 1.82 bits per heavy atom. The molecule has 3 aliphatic rings. The minimum atomic E-state index is -0.270. The maximum atomic E-state index is 13.4. The standard InChI is InChI=1S/C26H28ClN5O2/c1-17-29-23-20(27)15-18-16-21(34-24(18)22(23)26(30-17)7-3-2-4-8-26)25(33)32-13-11-31(12-14-32)19-5-9-28-10-6-19/h5-6,9-10,15-16,29-30H,1-4,7-8,11-14H2. The summed E-state index contributed by atoms with van der Waals surface area (Å²) in [6, 6.07) is 7.74. The number of benzene rings is 1. The van der Waals surface area contributed by atoms with Gasteiger partial charge in [0.1, 0.15) is 5.58 Å². The van der Waals surface area contributed by atoms with Crippen LogP contribution in [0.15, 0.2) is 53.5 Å². The fraction of sp³-hybridized carbons (Fsp3) is 0.385. The molecule has 6 rings (SSSR count). The maximum Gasteiger partial charge on any atom is 0.289 e. The van der Waals surface area contributed by atoms with Crippen molar-refractivity contribution in [2.24, 2.45) is 0 Å². The van der Waals surface area contributed by atoms with E-state index < -0.39 is 0 Å². The number of amides is 1. The zero-order chi connectivity index (χ0) is 23.3. The Hall–Kier alpha value is -3.19. The number of rotatable bonds is 2. The Morgan fingerprint density at radius 3 is 2.56 bits per heavy atom. The topological polar surface area (TPSA) is 73.6 Å². The molecule has 1 spiro atoms. The maximum absolute atomic E-state index is 13.4. The van der Waals surface area contributed by atoms with Gasteiger partial charge in [-0.1, -0.05) is 37.4 Å². The summed E-state index contributed by atoms with van der Waals surface area (Å²) in [5.41, 5.74) is 3.48. The fourth-order valence-electron chi connectivity index (χ4n) is 5.78. The molecule has 7 nitrogen and oxygen atoms in total. The first-order valence-corrected chi connectivity index (χ1v) is 12.4. The average molecular weight is 478 g/mol. The van der Waals surface area contributed by atoms with Gasteiger partial charge in [-0.15, -0.1) is 0 Å². The van der Waals surface area contributed by atoms with Crippen molar-refractivity contribution in [3.8, 4) is 0 Å². The lowest BCUT2D eigenvalue weighted by Gasteiger charge is -2.44. The molecule has 2 aromatic heterocycles. The Bertz CT molecular complexity index is 1260. The van der Waals surface area contributed by atoms with Gasteiger partial charge in [0, 0.05) is 55.2 Å². The van der Waals surface area contributed by atoms with Gasteiger partial charge in [0.25, 0.3) is 5.91 Å². The van der Waals surface area contributed by atoms with Crippen molar-refractivity contribution in [1.29, 1.82) is 0 Å². The second-order valence-electron chi connectivity index (χ2n) is 9.49. The highest BCUT2D eigenvalue weighted by Crippen LogP contribution is 2.49. The molecule has 1 aliphatic carbocycles. The number of carbonyl (C=O) groups excluding carboxylic acids is 1. The summed E-state index contributed by atoms with van der Waals surface area (Å²) >= 11 is 6.72. The first kappa shape index (κ1) is 21.4. The van der Waals surface area contributed by atoms with Crippen LogP contribution in [0.2, 0.25) is 5.02 Å². The molecule has 0 radical (unpaired) electrons. The van der Waals surface area contributed by atoms with Crippen molar-refractivity contribution in [3.63, 3.8) is 0 Å². The van der Waals surface area contributed by atoms with Crippen LogP contribution < -0.4 is 15.5 Å². The molecule has 2 N–H and O–H groups in total. The highest BCUT2D eigenvalue weighted by Gasteiger charge is 2.42. The van der Waals surface area contributed by atoms with Gasteiger partial charge >= 0.3 is 0 Å². The second kappa shape index (κ2) is 8.24. The van der Waals surface area contributed by atoms with Crippen LogP contribution in [-0.2, 0) is 5.54 Å². The van der Waals surface area contributed by atoms with Gasteiger partial charge in [0.2, 0.25) is 0 Å². The van der Waals surface area contributed by atoms with Gasteiger partial charge in [0.05, 0.1) is 22.1 Å². The Morgan fingerprint density at radius 1 is 1.09 bits per heavy atom. The Labute approximate surface area is 203 Å². The highest BCUT2D eigenvalue weighted by molar-refractivity contribution is 6.34. The van der Waals surface area contributed by atoms with Crippen LogP contribution in [0.5, 0.6) is 0 Å².